The molecule has 22 heavy (non-hydrogen) atoms. The molecule has 2 amide bonds. The highest BCUT2D eigenvalue weighted by atomic mass is 19.3. The average Bonchev–Trinajstić information content (AvgIpc) is 2.36. The summed E-state index contributed by atoms with van der Waals surface area (Å²) in [7, 11) is 1.58. The van der Waals surface area contributed by atoms with Crippen LogP contribution in [0.25, 0.3) is 0 Å². The maximum absolute atomic E-state index is 12.1. The van der Waals surface area contributed by atoms with Gasteiger partial charge in [0.25, 0.3) is 0 Å². The van der Waals surface area contributed by atoms with Crippen molar-refractivity contribution in [1.82, 2.24) is 10.2 Å². The first-order valence-corrected chi connectivity index (χ1v) is 6.87. The standard InChI is InChI=1S/C15H22F2N2O3/c1-10(18-14(20)19(4)9-15(2,3)21)11-5-7-12(8-6-11)22-13(16)17/h5-8,10,13,21H,9H2,1-4H3,(H,18,20). The molecule has 1 unspecified atom stereocenters. The minimum atomic E-state index is -2.86. The fourth-order valence-corrected chi connectivity index (χ4v) is 1.97. The normalized spacial score (nSPS) is 12.9. The third-order valence-electron chi connectivity index (χ3n) is 2.92. The monoisotopic (exact) mass is 316 g/mol. The molecule has 124 valence electrons. The Labute approximate surface area is 128 Å². The second-order valence-electron chi connectivity index (χ2n) is 5.79. The third kappa shape index (κ3) is 6.26. The number of carbonyl (C=O) groups excluding carboxylic acids is 1. The number of hydrogen-bond acceptors (Lipinski definition) is 3. The molecule has 2 N–H and O–H groups in total. The molecule has 0 saturated carbocycles. The zero-order valence-corrected chi connectivity index (χ0v) is 13.1. The Balaban J connectivity index is 2.61. The van der Waals surface area contributed by atoms with E-state index in [0.29, 0.717) is 0 Å². The van der Waals surface area contributed by atoms with Crippen molar-refractivity contribution in [2.75, 3.05) is 13.6 Å². The Morgan fingerprint density at radius 3 is 2.36 bits per heavy atom. The Bertz CT molecular complexity index is 487. The molecule has 0 saturated heterocycles. The Hall–Kier alpha value is -1.89. The fourth-order valence-electron chi connectivity index (χ4n) is 1.97. The number of nitrogens with one attached hydrogen (secondary N) is 1. The number of rotatable bonds is 6. The van der Waals surface area contributed by atoms with Gasteiger partial charge < -0.3 is 20.1 Å². The van der Waals surface area contributed by atoms with Crippen molar-refractivity contribution in [2.24, 2.45) is 0 Å². The van der Waals surface area contributed by atoms with Gasteiger partial charge in [0.05, 0.1) is 18.2 Å². The third-order valence-corrected chi connectivity index (χ3v) is 2.92. The van der Waals surface area contributed by atoms with E-state index < -0.39 is 12.2 Å². The van der Waals surface area contributed by atoms with E-state index in [4.69, 9.17) is 0 Å². The molecule has 1 rings (SSSR count). The first kappa shape index (κ1) is 18.2. The van der Waals surface area contributed by atoms with E-state index in [0.717, 1.165) is 5.56 Å². The van der Waals surface area contributed by atoms with Crippen LogP contribution in [0.5, 0.6) is 5.75 Å². The van der Waals surface area contributed by atoms with E-state index >= 15 is 0 Å². The summed E-state index contributed by atoms with van der Waals surface area (Å²) in [6.45, 7) is 2.33. The predicted molar refractivity (Wildman–Crippen MR) is 78.9 cm³/mol. The van der Waals surface area contributed by atoms with Gasteiger partial charge in [-0.05, 0) is 38.5 Å². The van der Waals surface area contributed by atoms with Gasteiger partial charge in [-0.15, -0.1) is 0 Å². The van der Waals surface area contributed by atoms with Crippen LogP contribution in [0.15, 0.2) is 24.3 Å². The molecule has 0 aliphatic rings. The Morgan fingerprint density at radius 1 is 1.36 bits per heavy atom. The van der Waals surface area contributed by atoms with E-state index in [-0.39, 0.29) is 24.4 Å². The topological polar surface area (TPSA) is 61.8 Å². The van der Waals surface area contributed by atoms with E-state index in [1.54, 1.807) is 40.0 Å². The highest BCUT2D eigenvalue weighted by molar-refractivity contribution is 5.74. The summed E-state index contributed by atoms with van der Waals surface area (Å²) in [5, 5.41) is 12.5. The summed E-state index contributed by atoms with van der Waals surface area (Å²) in [6, 6.07) is 5.42. The van der Waals surface area contributed by atoms with Gasteiger partial charge in [0.2, 0.25) is 0 Å². The first-order valence-electron chi connectivity index (χ1n) is 6.87. The molecule has 0 spiro atoms. The number of benzene rings is 1. The predicted octanol–water partition coefficient (Wildman–Crippen LogP) is 2.76. The van der Waals surface area contributed by atoms with Gasteiger partial charge in [-0.25, -0.2) is 4.79 Å². The second-order valence-corrected chi connectivity index (χ2v) is 5.79. The van der Waals surface area contributed by atoms with Crippen molar-refractivity contribution < 1.29 is 23.4 Å². The number of carbonyl (C=O) groups is 1. The van der Waals surface area contributed by atoms with E-state index in [9.17, 15) is 18.7 Å². The molecule has 1 aromatic carbocycles. The Morgan fingerprint density at radius 2 is 1.91 bits per heavy atom. The molecule has 7 heteroatoms. The van der Waals surface area contributed by atoms with Gasteiger partial charge in [0, 0.05) is 7.05 Å². The summed E-state index contributed by atoms with van der Waals surface area (Å²) < 4.78 is 28.4. The molecule has 5 nitrogen and oxygen atoms in total. The van der Waals surface area contributed by atoms with Gasteiger partial charge in [-0.2, -0.15) is 8.78 Å². The minimum absolute atomic E-state index is 0.0661. The number of amides is 2. The van der Waals surface area contributed by atoms with Crippen LogP contribution in [0.4, 0.5) is 13.6 Å². The lowest BCUT2D eigenvalue weighted by Crippen LogP contribution is -2.45. The zero-order valence-electron chi connectivity index (χ0n) is 13.1. The van der Waals surface area contributed by atoms with Crippen LogP contribution in [0.2, 0.25) is 0 Å². The lowest BCUT2D eigenvalue weighted by atomic mass is 10.1. The number of likely N-dealkylation sites (N-methyl/N-ethyl adjacent to an activating group) is 1. The van der Waals surface area contributed by atoms with Crippen molar-refractivity contribution in [2.45, 2.75) is 39.0 Å². The maximum atomic E-state index is 12.1. The quantitative estimate of drug-likeness (QED) is 0.848. The van der Waals surface area contributed by atoms with Gasteiger partial charge in [-0.1, -0.05) is 12.1 Å². The molecule has 0 aliphatic heterocycles. The summed E-state index contributed by atoms with van der Waals surface area (Å²) in [4.78, 5) is 13.4. The second kappa shape index (κ2) is 7.40. The summed E-state index contributed by atoms with van der Waals surface area (Å²) >= 11 is 0. The van der Waals surface area contributed by atoms with Crippen LogP contribution in [-0.2, 0) is 0 Å². The van der Waals surface area contributed by atoms with Gasteiger partial charge in [0.15, 0.2) is 0 Å². The molecule has 1 atom stereocenters. The van der Waals surface area contributed by atoms with Gasteiger partial charge >= 0.3 is 12.6 Å². The lowest BCUT2D eigenvalue weighted by Gasteiger charge is -2.27. The van der Waals surface area contributed by atoms with Crippen molar-refractivity contribution in [3.05, 3.63) is 29.8 Å². The van der Waals surface area contributed by atoms with Crippen LogP contribution in [0, 0.1) is 0 Å². The maximum Gasteiger partial charge on any atom is 0.387 e. The minimum Gasteiger partial charge on any atom is -0.435 e. The molecule has 1 aromatic rings. The van der Waals surface area contributed by atoms with Crippen molar-refractivity contribution in [1.29, 1.82) is 0 Å². The van der Waals surface area contributed by atoms with Crippen molar-refractivity contribution >= 4 is 6.03 Å². The zero-order chi connectivity index (χ0) is 16.9. The van der Waals surface area contributed by atoms with Crippen molar-refractivity contribution in [3.8, 4) is 5.75 Å². The van der Waals surface area contributed by atoms with Gasteiger partial charge in [0.1, 0.15) is 5.75 Å². The molecule has 0 aliphatic carbocycles. The van der Waals surface area contributed by atoms with Crippen LogP contribution >= 0.6 is 0 Å². The van der Waals surface area contributed by atoms with Crippen LogP contribution in [0.1, 0.15) is 32.4 Å². The van der Waals surface area contributed by atoms with E-state index in [2.05, 4.69) is 10.1 Å². The summed E-state index contributed by atoms with van der Waals surface area (Å²) in [5.74, 6) is 0.0661. The number of aliphatic hydroxyl groups is 1. The van der Waals surface area contributed by atoms with Crippen LogP contribution in [-0.4, -0.2) is 41.8 Å². The largest absolute Gasteiger partial charge is 0.435 e. The average molecular weight is 316 g/mol. The summed E-state index contributed by atoms with van der Waals surface area (Å²) in [5.41, 5.74) is -0.226. The van der Waals surface area contributed by atoms with E-state index in [1.807, 2.05) is 0 Å². The molecule has 0 bridgehead atoms. The van der Waals surface area contributed by atoms with Crippen LogP contribution < -0.4 is 10.1 Å². The van der Waals surface area contributed by atoms with Crippen molar-refractivity contribution in [3.63, 3.8) is 0 Å². The molecule has 0 heterocycles. The number of urea groups is 1. The number of halogens is 2. The molecular weight excluding hydrogens is 294 g/mol. The summed E-state index contributed by atoms with van der Waals surface area (Å²) in [6.07, 6.45) is 0. The SMILES string of the molecule is CC(NC(=O)N(C)CC(C)(C)O)c1ccc(OC(F)F)cc1. The smallest absolute Gasteiger partial charge is 0.387 e. The van der Waals surface area contributed by atoms with E-state index in [1.165, 1.54) is 17.0 Å². The number of alkyl halides is 2. The Kier molecular flexibility index (Phi) is 6.11. The number of nitrogens with zero attached hydrogens (tertiary/aromatic N) is 1. The molecule has 0 aromatic heterocycles. The highest BCUT2D eigenvalue weighted by Crippen LogP contribution is 2.19. The number of ether oxygens (including phenoxy) is 1. The van der Waals surface area contributed by atoms with Gasteiger partial charge in [-0.3, -0.25) is 0 Å². The molecule has 0 radical (unpaired) electrons. The number of hydrogen-bond donors (Lipinski definition) is 2. The fraction of sp³-hybridized carbons (Fsp3) is 0.533. The molecule has 0 fully saturated rings. The molecular formula is C15H22F2N2O3. The van der Waals surface area contributed by atoms with Crippen LogP contribution in [0.3, 0.4) is 0 Å². The lowest BCUT2D eigenvalue weighted by molar-refractivity contribution is -0.0498. The highest BCUT2D eigenvalue weighted by Gasteiger charge is 2.20. The first-order chi connectivity index (χ1) is 10.1.